The van der Waals surface area contributed by atoms with E-state index in [4.69, 9.17) is 0 Å². The lowest BCUT2D eigenvalue weighted by Gasteiger charge is -2.34. The molecular formula is C21H26N2O2. The molecule has 0 bridgehead atoms. The van der Waals surface area contributed by atoms with E-state index in [1.807, 2.05) is 61.5 Å². The standard InChI is InChI=1S/C21H26N2O2/c1-16-7-5-6-10-19(16)22-20(24)15-23-13-11-18(12-14-23)21(25)17-8-3-2-4-9-17/h2-10,18,21,25H,11-15H2,1H3,(H,22,24). The summed E-state index contributed by atoms with van der Waals surface area (Å²) < 4.78 is 0. The number of carbonyl (C=O) groups excluding carboxylic acids is 1. The van der Waals surface area contributed by atoms with Crippen LogP contribution < -0.4 is 5.32 Å². The first-order valence-corrected chi connectivity index (χ1v) is 8.94. The average Bonchev–Trinajstić information content (AvgIpc) is 2.64. The van der Waals surface area contributed by atoms with Crippen LogP contribution >= 0.6 is 0 Å². The minimum Gasteiger partial charge on any atom is -0.388 e. The van der Waals surface area contributed by atoms with Crippen molar-refractivity contribution in [2.45, 2.75) is 25.9 Å². The lowest BCUT2D eigenvalue weighted by atomic mass is 9.87. The molecule has 1 aliphatic heterocycles. The highest BCUT2D eigenvalue weighted by molar-refractivity contribution is 5.92. The first-order valence-electron chi connectivity index (χ1n) is 8.94. The van der Waals surface area contributed by atoms with Gasteiger partial charge in [-0.05, 0) is 56.0 Å². The highest BCUT2D eigenvalue weighted by Crippen LogP contribution is 2.30. The van der Waals surface area contributed by atoms with Gasteiger partial charge in [0.2, 0.25) is 5.91 Å². The number of benzene rings is 2. The molecule has 0 spiro atoms. The van der Waals surface area contributed by atoms with Crippen LogP contribution in [0.3, 0.4) is 0 Å². The summed E-state index contributed by atoms with van der Waals surface area (Å²) in [6, 6.07) is 17.7. The van der Waals surface area contributed by atoms with Crippen molar-refractivity contribution < 1.29 is 9.90 Å². The Bertz CT molecular complexity index is 694. The van der Waals surface area contributed by atoms with E-state index in [-0.39, 0.29) is 11.8 Å². The topological polar surface area (TPSA) is 52.6 Å². The zero-order chi connectivity index (χ0) is 17.6. The molecule has 2 N–H and O–H groups in total. The average molecular weight is 338 g/mol. The molecule has 0 aliphatic carbocycles. The van der Waals surface area contributed by atoms with E-state index >= 15 is 0 Å². The second-order valence-corrected chi connectivity index (χ2v) is 6.83. The fourth-order valence-corrected chi connectivity index (χ4v) is 3.46. The maximum absolute atomic E-state index is 12.3. The number of hydrogen-bond acceptors (Lipinski definition) is 3. The molecule has 0 saturated carbocycles. The number of aliphatic hydroxyl groups excluding tert-OH is 1. The molecule has 1 fully saturated rings. The van der Waals surface area contributed by atoms with Crippen LogP contribution in [0.4, 0.5) is 5.69 Å². The number of carbonyl (C=O) groups is 1. The van der Waals surface area contributed by atoms with Crippen LogP contribution in [0, 0.1) is 12.8 Å². The molecule has 2 aromatic carbocycles. The number of hydrogen-bond donors (Lipinski definition) is 2. The largest absolute Gasteiger partial charge is 0.388 e. The SMILES string of the molecule is Cc1ccccc1NC(=O)CN1CCC(C(O)c2ccccc2)CC1. The fraction of sp³-hybridized carbons (Fsp3) is 0.381. The van der Waals surface area contributed by atoms with E-state index in [1.165, 1.54) is 0 Å². The van der Waals surface area contributed by atoms with Crippen LogP contribution in [-0.4, -0.2) is 35.5 Å². The van der Waals surface area contributed by atoms with Crippen molar-refractivity contribution in [3.63, 3.8) is 0 Å². The summed E-state index contributed by atoms with van der Waals surface area (Å²) in [6.45, 7) is 4.08. The number of para-hydroxylation sites is 1. The first kappa shape index (κ1) is 17.6. The van der Waals surface area contributed by atoms with E-state index in [9.17, 15) is 9.90 Å². The van der Waals surface area contributed by atoms with Gasteiger partial charge in [-0.1, -0.05) is 48.5 Å². The van der Waals surface area contributed by atoms with E-state index in [0.29, 0.717) is 6.54 Å². The van der Waals surface area contributed by atoms with Gasteiger partial charge in [0.05, 0.1) is 12.6 Å². The van der Waals surface area contributed by atoms with Crippen LogP contribution in [0.15, 0.2) is 54.6 Å². The Hall–Kier alpha value is -2.17. The number of aryl methyl sites for hydroxylation is 1. The number of amides is 1. The molecule has 1 heterocycles. The quantitative estimate of drug-likeness (QED) is 0.879. The van der Waals surface area contributed by atoms with E-state index in [2.05, 4.69) is 10.2 Å². The lowest BCUT2D eigenvalue weighted by Crippen LogP contribution is -2.40. The molecular weight excluding hydrogens is 312 g/mol. The summed E-state index contributed by atoms with van der Waals surface area (Å²) in [4.78, 5) is 14.4. The molecule has 132 valence electrons. The third-order valence-corrected chi connectivity index (χ3v) is 5.01. The third-order valence-electron chi connectivity index (χ3n) is 5.01. The van der Waals surface area contributed by atoms with Gasteiger partial charge < -0.3 is 10.4 Å². The predicted octanol–water partition coefficient (Wildman–Crippen LogP) is 3.38. The van der Waals surface area contributed by atoms with Crippen LogP contribution in [0.25, 0.3) is 0 Å². The van der Waals surface area contributed by atoms with Gasteiger partial charge in [-0.3, -0.25) is 9.69 Å². The highest BCUT2D eigenvalue weighted by Gasteiger charge is 2.26. The van der Waals surface area contributed by atoms with Crippen molar-refractivity contribution in [1.29, 1.82) is 0 Å². The van der Waals surface area contributed by atoms with Crippen LogP contribution in [0.2, 0.25) is 0 Å². The van der Waals surface area contributed by atoms with Crippen molar-refractivity contribution in [1.82, 2.24) is 4.90 Å². The van der Waals surface area contributed by atoms with Gasteiger partial charge in [-0.25, -0.2) is 0 Å². The van der Waals surface area contributed by atoms with Gasteiger partial charge in [-0.15, -0.1) is 0 Å². The summed E-state index contributed by atoms with van der Waals surface area (Å²) >= 11 is 0. The van der Waals surface area contributed by atoms with Crippen molar-refractivity contribution in [3.8, 4) is 0 Å². The highest BCUT2D eigenvalue weighted by atomic mass is 16.3. The van der Waals surface area contributed by atoms with Crippen LogP contribution in [0.5, 0.6) is 0 Å². The first-order chi connectivity index (χ1) is 12.1. The normalized spacial score (nSPS) is 17.2. The van der Waals surface area contributed by atoms with Crippen molar-refractivity contribution in [2.24, 2.45) is 5.92 Å². The Morgan fingerprint density at radius 3 is 2.44 bits per heavy atom. The Morgan fingerprint density at radius 2 is 1.76 bits per heavy atom. The van der Waals surface area contributed by atoms with Gasteiger partial charge in [0.25, 0.3) is 0 Å². The number of anilines is 1. The van der Waals surface area contributed by atoms with Crippen molar-refractivity contribution in [2.75, 3.05) is 25.0 Å². The van der Waals surface area contributed by atoms with Crippen molar-refractivity contribution in [3.05, 3.63) is 65.7 Å². The second-order valence-electron chi connectivity index (χ2n) is 6.83. The third kappa shape index (κ3) is 4.68. The monoisotopic (exact) mass is 338 g/mol. The number of likely N-dealkylation sites (tertiary alicyclic amines) is 1. The van der Waals surface area contributed by atoms with Gasteiger partial charge in [0, 0.05) is 5.69 Å². The zero-order valence-electron chi connectivity index (χ0n) is 14.7. The van der Waals surface area contributed by atoms with Gasteiger partial charge in [-0.2, -0.15) is 0 Å². The minimum atomic E-state index is -0.413. The molecule has 0 aromatic heterocycles. The number of aliphatic hydroxyl groups is 1. The summed E-state index contributed by atoms with van der Waals surface area (Å²) in [5, 5.41) is 13.5. The Balaban J connectivity index is 1.48. The van der Waals surface area contributed by atoms with E-state index in [1.54, 1.807) is 0 Å². The van der Waals surface area contributed by atoms with E-state index < -0.39 is 6.10 Å². The van der Waals surface area contributed by atoms with Crippen LogP contribution in [-0.2, 0) is 4.79 Å². The molecule has 1 saturated heterocycles. The Labute approximate surface area is 149 Å². The fourth-order valence-electron chi connectivity index (χ4n) is 3.46. The predicted molar refractivity (Wildman–Crippen MR) is 100 cm³/mol. The Morgan fingerprint density at radius 1 is 1.12 bits per heavy atom. The molecule has 4 nitrogen and oxygen atoms in total. The zero-order valence-corrected chi connectivity index (χ0v) is 14.7. The molecule has 3 rings (SSSR count). The molecule has 1 atom stereocenters. The maximum atomic E-state index is 12.3. The summed E-state index contributed by atoms with van der Waals surface area (Å²) in [6.07, 6.45) is 1.41. The summed E-state index contributed by atoms with van der Waals surface area (Å²) in [5.74, 6) is 0.287. The van der Waals surface area contributed by atoms with Gasteiger partial charge >= 0.3 is 0 Å². The number of nitrogens with one attached hydrogen (secondary N) is 1. The number of nitrogens with zero attached hydrogens (tertiary/aromatic N) is 1. The van der Waals surface area contributed by atoms with Crippen LogP contribution in [0.1, 0.15) is 30.1 Å². The molecule has 2 aromatic rings. The molecule has 1 aliphatic rings. The summed E-state index contributed by atoms with van der Waals surface area (Å²) in [5.41, 5.74) is 2.93. The lowest BCUT2D eigenvalue weighted by molar-refractivity contribution is -0.117. The Kier molecular flexibility index (Phi) is 5.84. The summed E-state index contributed by atoms with van der Waals surface area (Å²) in [7, 11) is 0. The van der Waals surface area contributed by atoms with Gasteiger partial charge in [0.15, 0.2) is 0 Å². The molecule has 0 radical (unpaired) electrons. The smallest absolute Gasteiger partial charge is 0.238 e. The van der Waals surface area contributed by atoms with Gasteiger partial charge in [0.1, 0.15) is 0 Å². The van der Waals surface area contributed by atoms with Crippen molar-refractivity contribution >= 4 is 11.6 Å². The maximum Gasteiger partial charge on any atom is 0.238 e. The number of piperidine rings is 1. The molecule has 4 heteroatoms. The minimum absolute atomic E-state index is 0.0244. The molecule has 25 heavy (non-hydrogen) atoms. The second kappa shape index (κ2) is 8.28. The molecule has 1 unspecified atom stereocenters. The van der Waals surface area contributed by atoms with E-state index in [0.717, 1.165) is 42.7 Å². The molecule has 1 amide bonds. The number of rotatable bonds is 5.